The second-order valence-corrected chi connectivity index (χ2v) is 5.08. The molecule has 0 fully saturated rings. The van der Waals surface area contributed by atoms with Crippen LogP contribution in [-0.4, -0.2) is 49.1 Å². The third-order valence-corrected chi connectivity index (χ3v) is 2.78. The Morgan fingerprint density at radius 3 is 2.39 bits per heavy atom. The molecule has 0 bridgehead atoms. The van der Waals surface area contributed by atoms with Gasteiger partial charge in [-0.15, -0.1) is 0 Å². The van der Waals surface area contributed by atoms with Crippen LogP contribution in [0.3, 0.4) is 0 Å². The molecule has 0 atom stereocenters. The van der Waals surface area contributed by atoms with Crippen molar-refractivity contribution < 1.29 is 14.3 Å². The fourth-order valence-corrected chi connectivity index (χ4v) is 1.34. The van der Waals surface area contributed by atoms with Gasteiger partial charge in [0.1, 0.15) is 0 Å². The number of hydrogen-bond acceptors (Lipinski definition) is 4. The van der Waals surface area contributed by atoms with Gasteiger partial charge in [0.15, 0.2) is 0 Å². The molecule has 0 aliphatic heterocycles. The quantitative estimate of drug-likeness (QED) is 0.664. The van der Waals surface area contributed by atoms with Gasteiger partial charge in [-0.3, -0.25) is 14.5 Å². The Morgan fingerprint density at radius 2 is 1.89 bits per heavy atom. The Kier molecular flexibility index (Phi) is 7.59. The van der Waals surface area contributed by atoms with Gasteiger partial charge in [-0.05, 0) is 34.2 Å². The lowest BCUT2D eigenvalue weighted by molar-refractivity contribution is -0.143. The molecule has 0 radical (unpaired) electrons. The van der Waals surface area contributed by atoms with Crippen LogP contribution < -0.4 is 5.32 Å². The molecule has 0 spiro atoms. The molecule has 0 heterocycles. The second-order valence-electron chi connectivity index (χ2n) is 5.08. The van der Waals surface area contributed by atoms with Crippen LogP contribution in [0.5, 0.6) is 0 Å². The molecule has 0 aliphatic rings. The van der Waals surface area contributed by atoms with Crippen molar-refractivity contribution in [3.8, 4) is 0 Å². The maximum atomic E-state index is 11.7. The normalized spacial score (nSPS) is 11.4. The molecular weight excluding hydrogens is 232 g/mol. The van der Waals surface area contributed by atoms with Gasteiger partial charge in [-0.2, -0.15) is 0 Å². The van der Waals surface area contributed by atoms with E-state index in [-0.39, 0.29) is 17.4 Å². The van der Waals surface area contributed by atoms with E-state index in [2.05, 4.69) is 5.32 Å². The van der Waals surface area contributed by atoms with Crippen LogP contribution in [0, 0.1) is 0 Å². The van der Waals surface area contributed by atoms with E-state index in [1.54, 1.807) is 6.92 Å². The summed E-state index contributed by atoms with van der Waals surface area (Å²) in [7, 11) is 1.82. The lowest BCUT2D eigenvalue weighted by Crippen LogP contribution is -2.47. The topological polar surface area (TPSA) is 58.6 Å². The highest BCUT2D eigenvalue weighted by Gasteiger charge is 2.18. The Labute approximate surface area is 110 Å². The minimum absolute atomic E-state index is 0.0202. The molecule has 5 heteroatoms. The summed E-state index contributed by atoms with van der Waals surface area (Å²) in [5.74, 6) is -0.244. The molecule has 0 saturated heterocycles. The van der Waals surface area contributed by atoms with E-state index in [4.69, 9.17) is 4.74 Å². The van der Waals surface area contributed by atoms with Crippen LogP contribution in [0.2, 0.25) is 0 Å². The zero-order chi connectivity index (χ0) is 14.2. The zero-order valence-electron chi connectivity index (χ0n) is 12.2. The first kappa shape index (κ1) is 16.9. The van der Waals surface area contributed by atoms with Gasteiger partial charge in [-0.1, -0.05) is 6.92 Å². The first-order valence-electron chi connectivity index (χ1n) is 6.46. The second kappa shape index (κ2) is 8.08. The summed E-state index contributed by atoms with van der Waals surface area (Å²) < 4.78 is 4.83. The average molecular weight is 258 g/mol. The molecule has 0 unspecified atom stereocenters. The van der Waals surface area contributed by atoms with Crippen molar-refractivity contribution in [1.29, 1.82) is 0 Å². The standard InChI is InChI=1S/C13H26N2O3/c1-6-13(3,4)14-11(16)10-15(5)9-8-12(17)18-7-2/h6-10H2,1-5H3,(H,14,16). The molecule has 106 valence electrons. The number of ether oxygens (including phenoxy) is 1. The predicted molar refractivity (Wildman–Crippen MR) is 71.3 cm³/mol. The van der Waals surface area contributed by atoms with Gasteiger partial charge in [0, 0.05) is 12.1 Å². The number of esters is 1. The van der Waals surface area contributed by atoms with Crippen molar-refractivity contribution in [2.24, 2.45) is 0 Å². The Morgan fingerprint density at radius 1 is 1.28 bits per heavy atom. The van der Waals surface area contributed by atoms with Gasteiger partial charge < -0.3 is 10.1 Å². The lowest BCUT2D eigenvalue weighted by atomic mass is 10.0. The lowest BCUT2D eigenvalue weighted by Gasteiger charge is -2.26. The summed E-state index contributed by atoms with van der Waals surface area (Å²) in [5.41, 5.74) is -0.181. The Bertz CT molecular complexity index is 277. The summed E-state index contributed by atoms with van der Waals surface area (Å²) in [4.78, 5) is 24.7. The first-order chi connectivity index (χ1) is 8.30. The molecule has 18 heavy (non-hydrogen) atoms. The Balaban J connectivity index is 3.91. The number of nitrogens with zero attached hydrogens (tertiary/aromatic N) is 1. The van der Waals surface area contributed by atoms with Crippen molar-refractivity contribution in [3.63, 3.8) is 0 Å². The van der Waals surface area contributed by atoms with Crippen LogP contribution >= 0.6 is 0 Å². The van der Waals surface area contributed by atoms with Gasteiger partial charge >= 0.3 is 5.97 Å². The summed E-state index contributed by atoms with van der Waals surface area (Å²) in [6.45, 7) is 9.01. The molecular formula is C13H26N2O3. The van der Waals surface area contributed by atoms with Crippen molar-refractivity contribution >= 4 is 11.9 Å². The van der Waals surface area contributed by atoms with Crippen molar-refractivity contribution in [1.82, 2.24) is 10.2 Å². The Hall–Kier alpha value is -1.10. The molecule has 0 rings (SSSR count). The predicted octanol–water partition coefficient (Wildman–Crippen LogP) is 1.18. The first-order valence-corrected chi connectivity index (χ1v) is 6.46. The van der Waals surface area contributed by atoms with Crippen LogP contribution in [0.25, 0.3) is 0 Å². The van der Waals surface area contributed by atoms with Gasteiger partial charge in [0.2, 0.25) is 5.91 Å². The highest BCUT2D eigenvalue weighted by atomic mass is 16.5. The van der Waals surface area contributed by atoms with Crippen molar-refractivity contribution in [2.75, 3.05) is 26.7 Å². The van der Waals surface area contributed by atoms with E-state index >= 15 is 0 Å². The number of likely N-dealkylation sites (N-methyl/N-ethyl adjacent to an activating group) is 1. The average Bonchev–Trinajstić information content (AvgIpc) is 2.26. The molecule has 0 aromatic heterocycles. The molecule has 0 aliphatic carbocycles. The van der Waals surface area contributed by atoms with E-state index in [0.29, 0.717) is 26.1 Å². The summed E-state index contributed by atoms with van der Waals surface area (Å²) in [6, 6.07) is 0. The fourth-order valence-electron chi connectivity index (χ4n) is 1.34. The summed E-state index contributed by atoms with van der Waals surface area (Å²) >= 11 is 0. The van der Waals surface area contributed by atoms with E-state index in [9.17, 15) is 9.59 Å². The largest absolute Gasteiger partial charge is 0.466 e. The number of rotatable bonds is 8. The number of carbonyl (C=O) groups is 2. The molecule has 5 nitrogen and oxygen atoms in total. The maximum Gasteiger partial charge on any atom is 0.307 e. The van der Waals surface area contributed by atoms with E-state index in [0.717, 1.165) is 6.42 Å². The van der Waals surface area contributed by atoms with E-state index in [1.807, 2.05) is 32.7 Å². The minimum Gasteiger partial charge on any atom is -0.466 e. The monoisotopic (exact) mass is 258 g/mol. The van der Waals surface area contributed by atoms with Gasteiger partial charge in [0.05, 0.1) is 19.6 Å². The van der Waals surface area contributed by atoms with Crippen LogP contribution in [0.1, 0.15) is 40.5 Å². The third-order valence-electron chi connectivity index (χ3n) is 2.78. The number of amides is 1. The van der Waals surface area contributed by atoms with E-state index < -0.39 is 0 Å². The molecule has 1 amide bonds. The minimum atomic E-state index is -0.223. The number of nitrogens with one attached hydrogen (secondary N) is 1. The third kappa shape index (κ3) is 8.06. The maximum absolute atomic E-state index is 11.7. The molecule has 0 aromatic rings. The van der Waals surface area contributed by atoms with E-state index in [1.165, 1.54) is 0 Å². The highest BCUT2D eigenvalue weighted by molar-refractivity contribution is 5.78. The summed E-state index contributed by atoms with van der Waals surface area (Å²) in [5, 5.41) is 2.95. The SMILES string of the molecule is CCOC(=O)CCN(C)CC(=O)NC(C)(C)CC. The van der Waals surface area contributed by atoms with Gasteiger partial charge in [0.25, 0.3) is 0 Å². The molecule has 0 saturated carbocycles. The summed E-state index contributed by atoms with van der Waals surface area (Å²) in [6.07, 6.45) is 1.19. The van der Waals surface area contributed by atoms with Crippen LogP contribution in [-0.2, 0) is 14.3 Å². The van der Waals surface area contributed by atoms with Crippen molar-refractivity contribution in [3.05, 3.63) is 0 Å². The van der Waals surface area contributed by atoms with Crippen LogP contribution in [0.4, 0.5) is 0 Å². The number of hydrogen-bond donors (Lipinski definition) is 1. The van der Waals surface area contributed by atoms with Gasteiger partial charge in [-0.25, -0.2) is 0 Å². The number of carbonyl (C=O) groups excluding carboxylic acids is 2. The highest BCUT2D eigenvalue weighted by Crippen LogP contribution is 2.06. The van der Waals surface area contributed by atoms with Crippen molar-refractivity contribution in [2.45, 2.75) is 46.1 Å². The smallest absolute Gasteiger partial charge is 0.307 e. The fraction of sp³-hybridized carbons (Fsp3) is 0.846. The molecule has 0 aromatic carbocycles. The van der Waals surface area contributed by atoms with Crippen LogP contribution in [0.15, 0.2) is 0 Å². The zero-order valence-corrected chi connectivity index (χ0v) is 12.2. The molecule has 1 N–H and O–H groups in total.